The Kier molecular flexibility index (Phi) is 4.77. The Morgan fingerprint density at radius 2 is 2.15 bits per heavy atom. The first-order chi connectivity index (χ1) is 9.46. The molecular formula is C15H17BrN2OS. The van der Waals surface area contributed by atoms with Crippen molar-refractivity contribution in [3.05, 3.63) is 27.7 Å². The van der Waals surface area contributed by atoms with E-state index in [1.54, 1.807) is 0 Å². The van der Waals surface area contributed by atoms with Crippen LogP contribution < -0.4 is 5.32 Å². The number of benzene rings is 1. The number of hydrogen-bond acceptors (Lipinski definition) is 3. The predicted molar refractivity (Wildman–Crippen MR) is 84.7 cm³/mol. The molecule has 1 aromatic rings. The SMILES string of the molecule is Cc1cc(SCC(=O)NC2(C#N)CCC2)c(C)cc1Br. The first kappa shape index (κ1) is 15.4. The van der Waals surface area contributed by atoms with Gasteiger partial charge in [0.1, 0.15) is 5.54 Å². The minimum Gasteiger partial charge on any atom is -0.337 e. The molecule has 1 aliphatic rings. The van der Waals surface area contributed by atoms with Crippen molar-refractivity contribution in [3.63, 3.8) is 0 Å². The van der Waals surface area contributed by atoms with Crippen LogP contribution in [-0.2, 0) is 4.79 Å². The van der Waals surface area contributed by atoms with E-state index in [4.69, 9.17) is 5.26 Å². The molecule has 0 aliphatic heterocycles. The van der Waals surface area contributed by atoms with Crippen LogP contribution in [0.3, 0.4) is 0 Å². The molecule has 5 heteroatoms. The molecule has 1 aliphatic carbocycles. The van der Waals surface area contributed by atoms with Crippen LogP contribution >= 0.6 is 27.7 Å². The van der Waals surface area contributed by atoms with E-state index in [2.05, 4.69) is 39.4 Å². The summed E-state index contributed by atoms with van der Waals surface area (Å²) in [6, 6.07) is 6.38. The molecule has 2 rings (SSSR count). The van der Waals surface area contributed by atoms with Gasteiger partial charge in [0.15, 0.2) is 0 Å². The summed E-state index contributed by atoms with van der Waals surface area (Å²) in [6.07, 6.45) is 2.57. The Balaban J connectivity index is 1.94. The molecule has 1 saturated carbocycles. The third-order valence-electron chi connectivity index (χ3n) is 3.61. The Hall–Kier alpha value is -0.990. The van der Waals surface area contributed by atoms with E-state index in [0.717, 1.165) is 39.8 Å². The van der Waals surface area contributed by atoms with E-state index in [9.17, 15) is 4.79 Å². The van der Waals surface area contributed by atoms with Crippen molar-refractivity contribution >= 4 is 33.6 Å². The number of nitrogens with zero attached hydrogens (tertiary/aromatic N) is 1. The molecule has 0 spiro atoms. The summed E-state index contributed by atoms with van der Waals surface area (Å²) < 4.78 is 1.08. The Morgan fingerprint density at radius 3 is 2.70 bits per heavy atom. The number of halogens is 1. The van der Waals surface area contributed by atoms with Gasteiger partial charge in [-0.3, -0.25) is 4.79 Å². The van der Waals surface area contributed by atoms with Crippen molar-refractivity contribution in [2.75, 3.05) is 5.75 Å². The highest BCUT2D eigenvalue weighted by molar-refractivity contribution is 9.10. The standard InChI is InChI=1S/C15H17BrN2OS/c1-10-7-13(11(2)6-12(10)16)20-8-14(19)18-15(9-17)4-3-5-15/h6-7H,3-5,8H2,1-2H3,(H,18,19). The lowest BCUT2D eigenvalue weighted by Gasteiger charge is -2.35. The zero-order valence-corrected chi connectivity index (χ0v) is 14.0. The summed E-state index contributed by atoms with van der Waals surface area (Å²) in [4.78, 5) is 13.1. The monoisotopic (exact) mass is 352 g/mol. The van der Waals surface area contributed by atoms with Crippen LogP contribution in [0, 0.1) is 25.2 Å². The Bertz CT molecular complexity index is 576. The fourth-order valence-electron chi connectivity index (χ4n) is 2.15. The smallest absolute Gasteiger partial charge is 0.231 e. The van der Waals surface area contributed by atoms with E-state index >= 15 is 0 Å². The van der Waals surface area contributed by atoms with Crippen LogP contribution in [0.2, 0.25) is 0 Å². The van der Waals surface area contributed by atoms with Gasteiger partial charge in [0.05, 0.1) is 11.8 Å². The normalized spacial score (nSPS) is 16.1. The largest absolute Gasteiger partial charge is 0.337 e. The molecule has 0 atom stereocenters. The third-order valence-corrected chi connectivity index (χ3v) is 5.63. The second-order valence-electron chi connectivity index (χ2n) is 5.25. The Labute approximate surface area is 132 Å². The Morgan fingerprint density at radius 1 is 1.45 bits per heavy atom. The third kappa shape index (κ3) is 3.36. The fourth-order valence-corrected chi connectivity index (χ4v) is 3.51. The molecule has 3 nitrogen and oxygen atoms in total. The van der Waals surface area contributed by atoms with Gasteiger partial charge in [-0.05, 0) is 56.4 Å². The number of thioether (sulfide) groups is 1. The highest BCUT2D eigenvalue weighted by atomic mass is 79.9. The van der Waals surface area contributed by atoms with Gasteiger partial charge >= 0.3 is 0 Å². The molecule has 0 radical (unpaired) electrons. The maximum absolute atomic E-state index is 12.0. The molecule has 0 saturated heterocycles. The van der Waals surface area contributed by atoms with Gasteiger partial charge in [0, 0.05) is 9.37 Å². The number of nitriles is 1. The summed E-state index contributed by atoms with van der Waals surface area (Å²) in [6.45, 7) is 4.07. The van der Waals surface area contributed by atoms with Crippen LogP contribution in [0.5, 0.6) is 0 Å². The highest BCUT2D eigenvalue weighted by Crippen LogP contribution is 2.32. The number of amides is 1. The molecule has 0 heterocycles. The van der Waals surface area contributed by atoms with E-state index in [1.807, 2.05) is 13.8 Å². The van der Waals surface area contributed by atoms with Crippen molar-refractivity contribution in [2.45, 2.75) is 43.5 Å². The average molecular weight is 353 g/mol. The molecule has 20 heavy (non-hydrogen) atoms. The maximum atomic E-state index is 12.0. The molecule has 0 aromatic heterocycles. The molecule has 106 valence electrons. The number of carbonyl (C=O) groups is 1. The van der Waals surface area contributed by atoms with Gasteiger partial charge in [-0.25, -0.2) is 0 Å². The van der Waals surface area contributed by atoms with Crippen molar-refractivity contribution < 1.29 is 4.79 Å². The van der Waals surface area contributed by atoms with Crippen molar-refractivity contribution in [3.8, 4) is 6.07 Å². The summed E-state index contributed by atoms with van der Waals surface area (Å²) in [5.41, 5.74) is 1.72. The molecule has 1 fully saturated rings. The van der Waals surface area contributed by atoms with Crippen LogP contribution in [0.25, 0.3) is 0 Å². The van der Waals surface area contributed by atoms with E-state index < -0.39 is 5.54 Å². The summed E-state index contributed by atoms with van der Waals surface area (Å²) >= 11 is 5.02. The number of rotatable bonds is 4. The molecular weight excluding hydrogens is 336 g/mol. The average Bonchev–Trinajstić information content (AvgIpc) is 2.36. The lowest BCUT2D eigenvalue weighted by Crippen LogP contribution is -2.52. The van der Waals surface area contributed by atoms with Crippen molar-refractivity contribution in [2.24, 2.45) is 0 Å². The summed E-state index contributed by atoms with van der Waals surface area (Å²) in [5, 5.41) is 12.0. The van der Waals surface area contributed by atoms with E-state index in [-0.39, 0.29) is 5.91 Å². The molecule has 1 N–H and O–H groups in total. The first-order valence-corrected chi connectivity index (χ1v) is 8.35. The van der Waals surface area contributed by atoms with Gasteiger partial charge in [-0.2, -0.15) is 5.26 Å². The zero-order valence-electron chi connectivity index (χ0n) is 11.6. The van der Waals surface area contributed by atoms with Gasteiger partial charge < -0.3 is 5.32 Å². The summed E-state index contributed by atoms with van der Waals surface area (Å²) in [7, 11) is 0. The van der Waals surface area contributed by atoms with Crippen LogP contribution in [0.4, 0.5) is 0 Å². The number of aryl methyl sites for hydroxylation is 2. The van der Waals surface area contributed by atoms with Crippen molar-refractivity contribution in [1.29, 1.82) is 5.26 Å². The maximum Gasteiger partial charge on any atom is 0.231 e. The number of carbonyl (C=O) groups excluding carboxylic acids is 1. The second kappa shape index (κ2) is 6.19. The van der Waals surface area contributed by atoms with E-state index in [1.165, 1.54) is 11.8 Å². The molecule has 0 unspecified atom stereocenters. The van der Waals surface area contributed by atoms with E-state index in [0.29, 0.717) is 5.75 Å². The van der Waals surface area contributed by atoms with Crippen molar-refractivity contribution in [1.82, 2.24) is 5.32 Å². The van der Waals surface area contributed by atoms with Gasteiger partial charge in [-0.15, -0.1) is 11.8 Å². The lowest BCUT2D eigenvalue weighted by molar-refractivity contribution is -0.120. The van der Waals surface area contributed by atoms with Crippen LogP contribution in [-0.4, -0.2) is 17.2 Å². The van der Waals surface area contributed by atoms with Crippen LogP contribution in [0.15, 0.2) is 21.5 Å². The van der Waals surface area contributed by atoms with Gasteiger partial charge in [0.25, 0.3) is 0 Å². The summed E-state index contributed by atoms with van der Waals surface area (Å²) in [5.74, 6) is 0.293. The molecule has 0 bridgehead atoms. The molecule has 1 aromatic carbocycles. The quantitative estimate of drug-likeness (QED) is 0.840. The highest BCUT2D eigenvalue weighted by Gasteiger charge is 2.38. The minimum absolute atomic E-state index is 0.0591. The van der Waals surface area contributed by atoms with Gasteiger partial charge in [-0.1, -0.05) is 15.9 Å². The number of hydrogen-bond donors (Lipinski definition) is 1. The first-order valence-electron chi connectivity index (χ1n) is 6.57. The fraction of sp³-hybridized carbons (Fsp3) is 0.467. The zero-order chi connectivity index (χ0) is 14.8. The predicted octanol–water partition coefficient (Wildman–Crippen LogP) is 3.72. The second-order valence-corrected chi connectivity index (χ2v) is 7.12. The van der Waals surface area contributed by atoms with Gasteiger partial charge in [0.2, 0.25) is 5.91 Å². The topological polar surface area (TPSA) is 52.9 Å². The molecule has 1 amide bonds. The lowest BCUT2D eigenvalue weighted by atomic mass is 9.78. The van der Waals surface area contributed by atoms with Crippen LogP contribution in [0.1, 0.15) is 30.4 Å². The minimum atomic E-state index is -0.595. The number of nitrogens with one attached hydrogen (secondary N) is 1.